The molecule has 2 aliphatic carbocycles. The van der Waals surface area contributed by atoms with Gasteiger partial charge in [-0.2, -0.15) is 0 Å². The van der Waals surface area contributed by atoms with Gasteiger partial charge in [0, 0.05) is 18.7 Å². The summed E-state index contributed by atoms with van der Waals surface area (Å²) in [6.45, 7) is 2.09. The maximum atomic E-state index is 13.1. The van der Waals surface area contributed by atoms with Crippen molar-refractivity contribution in [3.8, 4) is 5.75 Å². The molecule has 2 bridgehead atoms. The molecular weight excluding hydrogens is 432 g/mol. The first kappa shape index (κ1) is 21.1. The Hall–Kier alpha value is -3.48. The summed E-state index contributed by atoms with van der Waals surface area (Å²) in [7, 11) is 0. The van der Waals surface area contributed by atoms with Crippen LogP contribution in [0.4, 0.5) is 11.4 Å². The predicted octanol–water partition coefficient (Wildman–Crippen LogP) is 3.49. The zero-order valence-corrected chi connectivity index (χ0v) is 19.0. The Balaban J connectivity index is 1.16. The third kappa shape index (κ3) is 3.17. The summed E-state index contributed by atoms with van der Waals surface area (Å²) in [6.07, 6.45) is 3.18. The van der Waals surface area contributed by atoms with Crippen molar-refractivity contribution in [1.82, 2.24) is 0 Å². The summed E-state index contributed by atoms with van der Waals surface area (Å²) in [5.74, 6) is -0.612. The molecule has 0 aromatic heterocycles. The summed E-state index contributed by atoms with van der Waals surface area (Å²) in [5, 5.41) is 0. The van der Waals surface area contributed by atoms with Gasteiger partial charge in [-0.15, -0.1) is 0 Å². The van der Waals surface area contributed by atoms with E-state index in [1.54, 1.807) is 23.1 Å². The van der Waals surface area contributed by atoms with Crippen LogP contribution in [0, 0.1) is 36.5 Å². The van der Waals surface area contributed by atoms with Crippen LogP contribution < -0.4 is 14.5 Å². The standard InChI is InChI=1S/C27H26N2O5/c1-15-11-20(34-27(33)18-13-22(30)28(14-18)19-5-3-2-4-6-19)9-10-21(15)29-25(31)23-16-7-8-17(12-16)24(23)26(29)32/h2-6,9-11,16-18,23-24H,7-8,12-14H2,1H3/t16-,17+,18-,23-,24+/m0/s1. The molecule has 4 fully saturated rings. The maximum absolute atomic E-state index is 13.1. The number of nitrogens with zero attached hydrogens (tertiary/aromatic N) is 2. The zero-order valence-electron chi connectivity index (χ0n) is 19.0. The maximum Gasteiger partial charge on any atom is 0.316 e. The van der Waals surface area contributed by atoms with Gasteiger partial charge in [-0.1, -0.05) is 18.2 Å². The Morgan fingerprint density at radius 3 is 2.26 bits per heavy atom. The Kier molecular flexibility index (Phi) is 4.83. The van der Waals surface area contributed by atoms with Gasteiger partial charge in [0.1, 0.15) is 5.75 Å². The lowest BCUT2D eigenvalue weighted by molar-refractivity contribution is -0.139. The molecule has 2 aromatic rings. The van der Waals surface area contributed by atoms with Crippen molar-refractivity contribution in [2.24, 2.45) is 29.6 Å². The van der Waals surface area contributed by atoms with Crippen LogP contribution in [0.15, 0.2) is 48.5 Å². The summed E-state index contributed by atoms with van der Waals surface area (Å²) in [5.41, 5.74) is 2.03. The molecule has 6 rings (SSSR count). The Morgan fingerprint density at radius 1 is 0.941 bits per heavy atom. The van der Waals surface area contributed by atoms with E-state index in [9.17, 15) is 19.2 Å². The molecule has 0 unspecified atom stereocenters. The molecule has 0 radical (unpaired) electrons. The van der Waals surface area contributed by atoms with Crippen LogP contribution in [0.2, 0.25) is 0 Å². The van der Waals surface area contributed by atoms with E-state index in [2.05, 4.69) is 0 Å². The number of anilines is 2. The number of benzene rings is 2. The Labute approximate surface area is 197 Å². The normalized spacial score (nSPS) is 29.8. The number of aryl methyl sites for hydroxylation is 1. The van der Waals surface area contributed by atoms with Gasteiger partial charge in [0.2, 0.25) is 17.7 Å². The fraction of sp³-hybridized carbons (Fsp3) is 0.407. The molecule has 3 amide bonds. The predicted molar refractivity (Wildman–Crippen MR) is 124 cm³/mol. The number of carbonyl (C=O) groups excluding carboxylic acids is 4. The fourth-order valence-corrected chi connectivity index (χ4v) is 6.51. The van der Waals surface area contributed by atoms with Gasteiger partial charge in [0.25, 0.3) is 0 Å². The molecule has 174 valence electrons. The van der Waals surface area contributed by atoms with Gasteiger partial charge in [-0.05, 0) is 73.9 Å². The molecule has 0 N–H and O–H groups in total. The van der Waals surface area contributed by atoms with Gasteiger partial charge in [-0.3, -0.25) is 19.2 Å². The molecule has 34 heavy (non-hydrogen) atoms. The second kappa shape index (κ2) is 7.79. The van der Waals surface area contributed by atoms with Gasteiger partial charge >= 0.3 is 5.97 Å². The minimum Gasteiger partial charge on any atom is -0.426 e. The number of fused-ring (bicyclic) bond motifs is 5. The van der Waals surface area contributed by atoms with E-state index in [0.29, 0.717) is 28.8 Å². The monoisotopic (exact) mass is 458 g/mol. The van der Waals surface area contributed by atoms with E-state index >= 15 is 0 Å². The van der Waals surface area contributed by atoms with Gasteiger partial charge < -0.3 is 9.64 Å². The molecule has 2 aliphatic heterocycles. The molecular formula is C27H26N2O5. The zero-order chi connectivity index (χ0) is 23.6. The second-order valence-electron chi connectivity index (χ2n) is 10.0. The molecule has 2 aromatic carbocycles. The van der Waals surface area contributed by atoms with Gasteiger partial charge in [-0.25, -0.2) is 4.90 Å². The first-order valence-corrected chi connectivity index (χ1v) is 12.0. The number of ether oxygens (including phenoxy) is 1. The lowest BCUT2D eigenvalue weighted by Gasteiger charge is -2.20. The summed E-state index contributed by atoms with van der Waals surface area (Å²) in [6, 6.07) is 14.3. The minimum absolute atomic E-state index is 0.0829. The largest absolute Gasteiger partial charge is 0.426 e. The fourth-order valence-electron chi connectivity index (χ4n) is 6.51. The highest BCUT2D eigenvalue weighted by Crippen LogP contribution is 2.56. The van der Waals surface area contributed by atoms with E-state index in [1.807, 2.05) is 37.3 Å². The SMILES string of the molecule is Cc1cc(OC(=O)[C@H]2CC(=O)N(c3ccccc3)C2)ccc1N1C(=O)[C@@H]2[C@@H]3CC[C@@H](C3)[C@@H]2C1=O. The van der Waals surface area contributed by atoms with Crippen molar-refractivity contribution in [2.75, 3.05) is 16.3 Å². The molecule has 2 saturated carbocycles. The van der Waals surface area contributed by atoms with Gasteiger partial charge in [0.05, 0.1) is 23.4 Å². The quantitative estimate of drug-likeness (QED) is 0.398. The summed E-state index contributed by atoms with van der Waals surface area (Å²) < 4.78 is 5.60. The van der Waals surface area contributed by atoms with Crippen LogP contribution in [0.1, 0.15) is 31.2 Å². The van der Waals surface area contributed by atoms with Crippen molar-refractivity contribution in [2.45, 2.75) is 32.6 Å². The average molecular weight is 459 g/mol. The third-order valence-electron chi connectivity index (χ3n) is 8.08. The Morgan fingerprint density at radius 2 is 1.62 bits per heavy atom. The summed E-state index contributed by atoms with van der Waals surface area (Å²) >= 11 is 0. The van der Waals surface area contributed by atoms with Crippen LogP contribution in [0.5, 0.6) is 5.75 Å². The highest BCUT2D eigenvalue weighted by molar-refractivity contribution is 6.23. The number of carbonyl (C=O) groups is 4. The summed E-state index contributed by atoms with van der Waals surface area (Å²) in [4.78, 5) is 54.5. The minimum atomic E-state index is -0.552. The Bertz CT molecular complexity index is 1180. The van der Waals surface area contributed by atoms with Crippen molar-refractivity contribution in [3.63, 3.8) is 0 Å². The van der Waals surface area contributed by atoms with Crippen LogP contribution in [0.25, 0.3) is 0 Å². The number of esters is 1. The van der Waals surface area contributed by atoms with Crippen molar-refractivity contribution < 1.29 is 23.9 Å². The topological polar surface area (TPSA) is 84.0 Å². The number of hydrogen-bond acceptors (Lipinski definition) is 5. The van der Waals surface area contributed by atoms with Crippen LogP contribution in [-0.2, 0) is 19.2 Å². The number of hydrogen-bond donors (Lipinski definition) is 0. The van der Waals surface area contributed by atoms with Crippen molar-refractivity contribution >= 4 is 35.1 Å². The first-order valence-electron chi connectivity index (χ1n) is 12.0. The third-order valence-corrected chi connectivity index (χ3v) is 8.08. The molecule has 7 heteroatoms. The lowest BCUT2D eigenvalue weighted by Crippen LogP contribution is -2.33. The lowest BCUT2D eigenvalue weighted by atomic mass is 9.81. The molecule has 5 atom stereocenters. The highest BCUT2D eigenvalue weighted by atomic mass is 16.5. The van der Waals surface area contributed by atoms with E-state index in [-0.39, 0.29) is 42.5 Å². The van der Waals surface area contributed by atoms with E-state index in [0.717, 1.165) is 24.9 Å². The van der Waals surface area contributed by atoms with Crippen LogP contribution in [0.3, 0.4) is 0 Å². The van der Waals surface area contributed by atoms with E-state index < -0.39 is 11.9 Å². The second-order valence-corrected chi connectivity index (χ2v) is 10.0. The number of rotatable bonds is 4. The van der Waals surface area contributed by atoms with E-state index in [1.165, 1.54) is 4.90 Å². The van der Waals surface area contributed by atoms with E-state index in [4.69, 9.17) is 4.74 Å². The smallest absolute Gasteiger partial charge is 0.316 e. The van der Waals surface area contributed by atoms with Crippen molar-refractivity contribution in [1.29, 1.82) is 0 Å². The highest BCUT2D eigenvalue weighted by Gasteiger charge is 2.61. The van der Waals surface area contributed by atoms with Crippen LogP contribution >= 0.6 is 0 Å². The number of para-hydroxylation sites is 1. The first-order chi connectivity index (χ1) is 16.4. The molecule has 4 aliphatic rings. The van der Waals surface area contributed by atoms with Crippen LogP contribution in [-0.4, -0.2) is 30.2 Å². The molecule has 7 nitrogen and oxygen atoms in total. The molecule has 2 heterocycles. The number of amides is 3. The molecule has 0 spiro atoms. The van der Waals surface area contributed by atoms with Crippen molar-refractivity contribution in [3.05, 3.63) is 54.1 Å². The average Bonchev–Trinajstić information content (AvgIpc) is 3.59. The van der Waals surface area contributed by atoms with Gasteiger partial charge in [0.15, 0.2) is 0 Å². The number of imide groups is 1. The molecule has 2 saturated heterocycles.